The fraction of sp³-hybridized carbons (Fsp3) is 0.150. The fourth-order valence-corrected chi connectivity index (χ4v) is 2.92. The lowest BCUT2D eigenvalue weighted by molar-refractivity contribution is -0.132. The Morgan fingerprint density at radius 2 is 1.96 bits per heavy atom. The molecule has 0 amide bonds. The van der Waals surface area contributed by atoms with Gasteiger partial charge in [0.05, 0.1) is 13.7 Å². The molecule has 0 atom stereocenters. The van der Waals surface area contributed by atoms with Crippen molar-refractivity contribution < 1.29 is 23.8 Å². The summed E-state index contributed by atoms with van der Waals surface area (Å²) in [5.74, 6) is 0.0159. The van der Waals surface area contributed by atoms with Gasteiger partial charge in [-0.3, -0.25) is 9.79 Å². The highest BCUT2D eigenvalue weighted by molar-refractivity contribution is 6.68. The number of rotatable bonds is 5. The van der Waals surface area contributed by atoms with E-state index >= 15 is 0 Å². The summed E-state index contributed by atoms with van der Waals surface area (Å²) in [5, 5.41) is 0.724. The molecule has 27 heavy (non-hydrogen) atoms. The van der Waals surface area contributed by atoms with Gasteiger partial charge in [-0.25, -0.2) is 4.79 Å². The van der Waals surface area contributed by atoms with Gasteiger partial charge in [0.25, 0.3) is 0 Å². The Morgan fingerprint density at radius 1 is 1.15 bits per heavy atom. The van der Waals surface area contributed by atoms with Crippen LogP contribution in [-0.4, -0.2) is 36.4 Å². The number of nitrogens with zero attached hydrogens (tertiary/aromatic N) is 1. The number of aromatic nitrogens is 1. The molecule has 3 aromatic rings. The maximum absolute atomic E-state index is 12.9. The molecule has 1 aromatic heterocycles. The first-order valence-electron chi connectivity index (χ1n) is 8.29. The molecule has 0 saturated carbocycles. The summed E-state index contributed by atoms with van der Waals surface area (Å²) in [4.78, 5) is 32.4. The number of carbonyl (C=O) groups is 2. The second kappa shape index (κ2) is 6.95. The predicted octanol–water partition coefficient (Wildman–Crippen LogP) is 2.89. The predicted molar refractivity (Wildman–Crippen MR) is 98.3 cm³/mol. The van der Waals surface area contributed by atoms with E-state index in [9.17, 15) is 9.59 Å². The fourth-order valence-electron chi connectivity index (χ4n) is 2.92. The van der Waals surface area contributed by atoms with Gasteiger partial charge in [0, 0.05) is 22.7 Å². The average Bonchev–Trinajstić information content (AvgIpc) is 3.34. The van der Waals surface area contributed by atoms with Gasteiger partial charge < -0.3 is 19.2 Å². The van der Waals surface area contributed by atoms with Crippen LogP contribution in [0.25, 0.3) is 10.9 Å². The third-order valence-electron chi connectivity index (χ3n) is 4.28. The highest BCUT2D eigenvalue weighted by Gasteiger charge is 2.25. The third kappa shape index (κ3) is 3.15. The van der Waals surface area contributed by atoms with Gasteiger partial charge in [-0.2, -0.15) is 0 Å². The SMILES string of the molecule is COC(=O)C(=NCc1ccc2c(c1)OCO2)C(=O)c1c[nH]c2ccccc12. The molecule has 0 aliphatic carbocycles. The summed E-state index contributed by atoms with van der Waals surface area (Å²) >= 11 is 0. The van der Waals surface area contributed by atoms with Crippen LogP contribution in [0.5, 0.6) is 11.5 Å². The van der Waals surface area contributed by atoms with Crippen molar-refractivity contribution in [3.63, 3.8) is 0 Å². The number of nitrogens with one attached hydrogen (secondary N) is 1. The van der Waals surface area contributed by atoms with Crippen molar-refractivity contribution in [3.05, 3.63) is 59.8 Å². The Labute approximate surface area is 154 Å². The van der Waals surface area contributed by atoms with E-state index in [4.69, 9.17) is 14.2 Å². The van der Waals surface area contributed by atoms with Crippen LogP contribution in [0.4, 0.5) is 0 Å². The Morgan fingerprint density at radius 3 is 2.81 bits per heavy atom. The molecule has 0 unspecified atom stereocenters. The van der Waals surface area contributed by atoms with Gasteiger partial charge in [0.15, 0.2) is 17.2 Å². The normalized spacial score (nSPS) is 13.0. The molecule has 0 radical (unpaired) electrons. The number of para-hydroxylation sites is 1. The molecule has 136 valence electrons. The lowest BCUT2D eigenvalue weighted by Gasteiger charge is -2.05. The van der Waals surface area contributed by atoms with Crippen LogP contribution >= 0.6 is 0 Å². The first-order valence-corrected chi connectivity index (χ1v) is 8.29. The van der Waals surface area contributed by atoms with E-state index in [1.54, 1.807) is 18.3 Å². The van der Waals surface area contributed by atoms with Gasteiger partial charge in [-0.15, -0.1) is 0 Å². The number of hydrogen-bond acceptors (Lipinski definition) is 6. The molecule has 2 aromatic carbocycles. The Hall–Kier alpha value is -3.61. The van der Waals surface area contributed by atoms with Gasteiger partial charge >= 0.3 is 5.97 Å². The van der Waals surface area contributed by atoms with Gasteiger partial charge in [-0.1, -0.05) is 24.3 Å². The van der Waals surface area contributed by atoms with Crippen molar-refractivity contribution in [2.24, 2.45) is 4.99 Å². The first-order chi connectivity index (χ1) is 13.2. The number of aliphatic imine (C=N–C) groups is 1. The number of methoxy groups -OCH3 is 1. The lowest BCUT2D eigenvalue weighted by Crippen LogP contribution is -2.25. The van der Waals surface area contributed by atoms with Crippen LogP contribution in [0.3, 0.4) is 0 Å². The molecule has 2 heterocycles. The number of aromatic amines is 1. The smallest absolute Gasteiger partial charge is 0.360 e. The maximum Gasteiger partial charge on any atom is 0.360 e. The average molecular weight is 364 g/mol. The Balaban J connectivity index is 1.65. The maximum atomic E-state index is 12.9. The lowest BCUT2D eigenvalue weighted by atomic mass is 10.1. The van der Waals surface area contributed by atoms with Gasteiger partial charge in [0.2, 0.25) is 12.6 Å². The zero-order valence-electron chi connectivity index (χ0n) is 14.5. The van der Waals surface area contributed by atoms with Crippen LogP contribution in [0.2, 0.25) is 0 Å². The quantitative estimate of drug-likeness (QED) is 0.325. The van der Waals surface area contributed by atoms with Crippen LogP contribution in [0, 0.1) is 0 Å². The molecule has 1 N–H and O–H groups in total. The van der Waals surface area contributed by atoms with Crippen molar-refractivity contribution in [1.29, 1.82) is 0 Å². The highest BCUT2D eigenvalue weighted by Crippen LogP contribution is 2.32. The number of fused-ring (bicyclic) bond motifs is 2. The Kier molecular flexibility index (Phi) is 4.33. The van der Waals surface area contributed by atoms with E-state index in [2.05, 4.69) is 9.98 Å². The van der Waals surface area contributed by atoms with E-state index in [-0.39, 0.29) is 19.0 Å². The van der Waals surface area contributed by atoms with Crippen molar-refractivity contribution >= 4 is 28.4 Å². The van der Waals surface area contributed by atoms with Gasteiger partial charge in [0.1, 0.15) is 0 Å². The number of Topliss-reactive ketones (excluding diaryl/α,β-unsaturated/α-hetero) is 1. The zero-order valence-corrected chi connectivity index (χ0v) is 14.5. The van der Waals surface area contributed by atoms with Crippen molar-refractivity contribution in [1.82, 2.24) is 4.98 Å². The summed E-state index contributed by atoms with van der Waals surface area (Å²) in [6.07, 6.45) is 1.58. The minimum Gasteiger partial charge on any atom is -0.464 e. The van der Waals surface area contributed by atoms with E-state index in [0.29, 0.717) is 17.1 Å². The van der Waals surface area contributed by atoms with Crippen LogP contribution in [0.15, 0.2) is 53.7 Å². The van der Waals surface area contributed by atoms with Crippen LogP contribution in [-0.2, 0) is 16.1 Å². The molecule has 7 heteroatoms. The van der Waals surface area contributed by atoms with E-state index in [0.717, 1.165) is 16.5 Å². The topological polar surface area (TPSA) is 90.0 Å². The van der Waals surface area contributed by atoms with Crippen molar-refractivity contribution in [2.45, 2.75) is 6.54 Å². The third-order valence-corrected chi connectivity index (χ3v) is 4.28. The van der Waals surface area contributed by atoms with Crippen molar-refractivity contribution in [2.75, 3.05) is 13.9 Å². The second-order valence-corrected chi connectivity index (χ2v) is 5.92. The zero-order chi connectivity index (χ0) is 18.8. The largest absolute Gasteiger partial charge is 0.464 e. The number of benzene rings is 2. The number of esters is 1. The molecule has 0 fully saturated rings. The summed E-state index contributed by atoms with van der Waals surface area (Å²) in [5.41, 5.74) is 1.72. The summed E-state index contributed by atoms with van der Waals surface area (Å²) in [6.45, 7) is 0.309. The van der Waals surface area contributed by atoms with Crippen LogP contribution < -0.4 is 9.47 Å². The number of H-pyrrole nitrogens is 1. The molecule has 0 saturated heterocycles. The number of ether oxygens (including phenoxy) is 3. The monoisotopic (exact) mass is 364 g/mol. The first kappa shape index (κ1) is 16.8. The number of carbonyl (C=O) groups excluding carboxylic acids is 2. The molecular weight excluding hydrogens is 348 g/mol. The second-order valence-electron chi connectivity index (χ2n) is 5.92. The molecule has 7 nitrogen and oxygen atoms in total. The van der Waals surface area contributed by atoms with E-state index in [1.807, 2.05) is 30.3 Å². The summed E-state index contributed by atoms with van der Waals surface area (Å²) in [6, 6.07) is 12.7. The molecule has 4 rings (SSSR count). The number of ketones is 1. The molecule has 1 aliphatic rings. The highest BCUT2D eigenvalue weighted by atomic mass is 16.7. The van der Waals surface area contributed by atoms with Gasteiger partial charge in [-0.05, 0) is 23.8 Å². The molecular formula is C20H16N2O5. The molecule has 1 aliphatic heterocycles. The minimum absolute atomic E-state index is 0.134. The van der Waals surface area contributed by atoms with E-state index < -0.39 is 11.8 Å². The Bertz CT molecular complexity index is 1070. The van der Waals surface area contributed by atoms with Crippen LogP contribution in [0.1, 0.15) is 15.9 Å². The molecule has 0 bridgehead atoms. The summed E-state index contributed by atoms with van der Waals surface area (Å²) < 4.78 is 15.4. The number of hydrogen-bond donors (Lipinski definition) is 1. The summed E-state index contributed by atoms with van der Waals surface area (Å²) in [7, 11) is 1.22. The molecule has 0 spiro atoms. The standard InChI is InChI=1S/C20H16N2O5/c1-25-20(24)18(19(23)14-10-21-15-5-3-2-4-13(14)15)22-9-12-6-7-16-17(8-12)27-11-26-16/h2-8,10,21H,9,11H2,1H3. The minimum atomic E-state index is -0.772. The van der Waals surface area contributed by atoms with Crippen molar-refractivity contribution in [3.8, 4) is 11.5 Å². The van der Waals surface area contributed by atoms with E-state index in [1.165, 1.54) is 7.11 Å².